The van der Waals surface area contributed by atoms with Crippen molar-refractivity contribution in [2.75, 3.05) is 23.9 Å². The largest absolute Gasteiger partial charge is 0.374 e. The number of ether oxygens (including phenoxy) is 1. The van der Waals surface area contributed by atoms with Gasteiger partial charge in [0.15, 0.2) is 0 Å². The van der Waals surface area contributed by atoms with Gasteiger partial charge in [-0.15, -0.1) is 11.8 Å². The van der Waals surface area contributed by atoms with Crippen LogP contribution in [0.25, 0.3) is 0 Å². The summed E-state index contributed by atoms with van der Waals surface area (Å²) in [4.78, 5) is 12.3. The van der Waals surface area contributed by atoms with Crippen LogP contribution in [0.1, 0.15) is 40.0 Å². The average molecular weight is 288 g/mol. The molecule has 2 atom stereocenters. The van der Waals surface area contributed by atoms with E-state index < -0.39 is 0 Å². The average Bonchev–Trinajstić information content (AvgIpc) is 2.73. The van der Waals surface area contributed by atoms with E-state index in [9.17, 15) is 4.79 Å². The Balaban J connectivity index is 1.86. The minimum atomic E-state index is 0.0373. The Bertz CT molecular complexity index is 303. The second kappa shape index (κ2) is 5.76. The fourth-order valence-corrected chi connectivity index (χ4v) is 4.76. The molecule has 0 aromatic heterocycles. The molecule has 0 bridgehead atoms. The molecule has 0 saturated carbocycles. The third-order valence-corrected chi connectivity index (χ3v) is 6.18. The highest BCUT2D eigenvalue weighted by molar-refractivity contribution is 8.01. The zero-order chi connectivity index (χ0) is 13.2. The van der Waals surface area contributed by atoms with Crippen molar-refractivity contribution in [3.05, 3.63) is 0 Å². The summed E-state index contributed by atoms with van der Waals surface area (Å²) in [6.45, 7) is 7.29. The molecule has 104 valence electrons. The van der Waals surface area contributed by atoms with Gasteiger partial charge in [0.1, 0.15) is 5.78 Å². The first kappa shape index (κ1) is 14.7. The predicted molar refractivity (Wildman–Crippen MR) is 80.6 cm³/mol. The van der Waals surface area contributed by atoms with E-state index in [-0.39, 0.29) is 16.3 Å². The molecule has 2 saturated heterocycles. The van der Waals surface area contributed by atoms with Crippen LogP contribution in [0.15, 0.2) is 0 Å². The number of hydrogen-bond acceptors (Lipinski definition) is 4. The molecule has 0 amide bonds. The highest BCUT2D eigenvalue weighted by atomic mass is 32.2. The Labute approximate surface area is 119 Å². The first-order chi connectivity index (χ1) is 8.40. The maximum absolute atomic E-state index is 12.3. The Morgan fingerprint density at radius 3 is 2.89 bits per heavy atom. The third kappa shape index (κ3) is 3.91. The smallest absolute Gasteiger partial charge is 0.146 e. The van der Waals surface area contributed by atoms with E-state index in [1.807, 2.05) is 11.8 Å². The van der Waals surface area contributed by atoms with Gasteiger partial charge in [0.05, 0.1) is 11.4 Å². The summed E-state index contributed by atoms with van der Waals surface area (Å²) in [5.74, 6) is 3.62. The Kier molecular flexibility index (Phi) is 4.71. The lowest BCUT2D eigenvalue weighted by molar-refractivity contribution is -0.131. The van der Waals surface area contributed by atoms with Gasteiger partial charge in [-0.1, -0.05) is 20.8 Å². The monoisotopic (exact) mass is 288 g/mol. The van der Waals surface area contributed by atoms with Crippen LogP contribution in [0.3, 0.4) is 0 Å². The molecular weight excluding hydrogens is 264 g/mol. The predicted octanol–water partition coefficient (Wildman–Crippen LogP) is 3.39. The fraction of sp³-hybridized carbons (Fsp3) is 0.929. The Hall–Kier alpha value is 0.330. The summed E-state index contributed by atoms with van der Waals surface area (Å²) >= 11 is 3.74. The van der Waals surface area contributed by atoms with Gasteiger partial charge in [0, 0.05) is 23.0 Å². The lowest BCUT2D eigenvalue weighted by Crippen LogP contribution is -2.42. The second-order valence-corrected chi connectivity index (χ2v) is 9.30. The van der Waals surface area contributed by atoms with Crippen molar-refractivity contribution in [1.29, 1.82) is 0 Å². The standard InChI is InChI=1S/C14H24O2S2/c1-13(2,3)18-9-12(15)11-4-6-16-14(8-11)5-7-17-10-14/h11H,4-10H2,1-3H3. The summed E-state index contributed by atoms with van der Waals surface area (Å²) in [5.41, 5.74) is 0.0373. The molecule has 0 N–H and O–H groups in total. The first-order valence-electron chi connectivity index (χ1n) is 6.79. The van der Waals surface area contributed by atoms with Crippen LogP contribution >= 0.6 is 23.5 Å². The molecule has 2 rings (SSSR count). The molecule has 2 unspecified atom stereocenters. The van der Waals surface area contributed by atoms with Gasteiger partial charge in [0.25, 0.3) is 0 Å². The molecule has 2 aliphatic heterocycles. The molecular formula is C14H24O2S2. The molecule has 0 radical (unpaired) electrons. The zero-order valence-corrected chi connectivity index (χ0v) is 13.3. The van der Waals surface area contributed by atoms with Crippen LogP contribution < -0.4 is 0 Å². The van der Waals surface area contributed by atoms with Crippen molar-refractivity contribution in [3.63, 3.8) is 0 Å². The van der Waals surface area contributed by atoms with Crippen molar-refractivity contribution >= 4 is 29.3 Å². The first-order valence-corrected chi connectivity index (χ1v) is 8.93. The summed E-state index contributed by atoms with van der Waals surface area (Å²) < 4.78 is 6.15. The van der Waals surface area contributed by atoms with Crippen LogP contribution in [0.2, 0.25) is 0 Å². The van der Waals surface area contributed by atoms with E-state index in [2.05, 4.69) is 20.8 Å². The maximum atomic E-state index is 12.3. The van der Waals surface area contributed by atoms with E-state index in [0.29, 0.717) is 11.5 Å². The summed E-state index contributed by atoms with van der Waals surface area (Å²) in [7, 11) is 0. The third-order valence-electron chi connectivity index (χ3n) is 3.66. The van der Waals surface area contributed by atoms with Gasteiger partial charge in [-0.05, 0) is 25.0 Å². The lowest BCUT2D eigenvalue weighted by atomic mass is 9.83. The molecule has 18 heavy (non-hydrogen) atoms. The summed E-state index contributed by atoms with van der Waals surface area (Å²) in [6, 6.07) is 0. The minimum Gasteiger partial charge on any atom is -0.374 e. The Morgan fingerprint density at radius 2 is 2.28 bits per heavy atom. The number of ketones is 1. The maximum Gasteiger partial charge on any atom is 0.146 e. The zero-order valence-electron chi connectivity index (χ0n) is 11.7. The molecule has 2 nitrogen and oxygen atoms in total. The molecule has 0 aliphatic carbocycles. The molecule has 0 aromatic rings. The van der Waals surface area contributed by atoms with E-state index in [1.54, 1.807) is 11.8 Å². The quantitative estimate of drug-likeness (QED) is 0.795. The van der Waals surface area contributed by atoms with Crippen molar-refractivity contribution in [2.45, 2.75) is 50.4 Å². The highest BCUT2D eigenvalue weighted by Crippen LogP contribution is 2.41. The van der Waals surface area contributed by atoms with Crippen LogP contribution in [0.4, 0.5) is 0 Å². The molecule has 1 spiro atoms. The van der Waals surface area contributed by atoms with E-state index >= 15 is 0 Å². The molecule has 0 aromatic carbocycles. The van der Waals surface area contributed by atoms with Crippen molar-refractivity contribution in [1.82, 2.24) is 0 Å². The van der Waals surface area contributed by atoms with Gasteiger partial charge in [-0.25, -0.2) is 0 Å². The number of Topliss-reactive ketones (excluding diaryl/α,β-unsaturated/α-hetero) is 1. The molecule has 2 heterocycles. The summed E-state index contributed by atoms with van der Waals surface area (Å²) in [5, 5.41) is 0. The second-order valence-electron chi connectivity index (χ2n) is 6.39. The number of hydrogen-bond donors (Lipinski definition) is 0. The molecule has 2 aliphatic rings. The summed E-state index contributed by atoms with van der Waals surface area (Å²) in [6.07, 6.45) is 3.02. The normalized spacial score (nSPS) is 32.9. The van der Waals surface area contributed by atoms with Crippen LogP contribution in [0.5, 0.6) is 0 Å². The number of rotatable bonds is 3. The van der Waals surface area contributed by atoms with E-state index in [1.165, 1.54) is 5.75 Å². The highest BCUT2D eigenvalue weighted by Gasteiger charge is 2.42. The number of carbonyl (C=O) groups is 1. The van der Waals surface area contributed by atoms with Gasteiger partial charge in [-0.2, -0.15) is 11.8 Å². The fourth-order valence-electron chi connectivity index (χ4n) is 2.57. The molecule has 4 heteroatoms. The number of carbonyl (C=O) groups excluding carboxylic acids is 1. The van der Waals surface area contributed by atoms with Crippen LogP contribution in [-0.4, -0.2) is 40.0 Å². The van der Waals surface area contributed by atoms with E-state index in [0.717, 1.165) is 31.6 Å². The van der Waals surface area contributed by atoms with Crippen molar-refractivity contribution < 1.29 is 9.53 Å². The van der Waals surface area contributed by atoms with Gasteiger partial charge < -0.3 is 4.74 Å². The minimum absolute atomic E-state index is 0.0373. The number of thioether (sulfide) groups is 2. The topological polar surface area (TPSA) is 26.3 Å². The van der Waals surface area contributed by atoms with E-state index in [4.69, 9.17) is 4.74 Å². The van der Waals surface area contributed by atoms with Crippen LogP contribution in [0, 0.1) is 5.92 Å². The van der Waals surface area contributed by atoms with Gasteiger partial charge in [0.2, 0.25) is 0 Å². The van der Waals surface area contributed by atoms with Gasteiger partial charge >= 0.3 is 0 Å². The lowest BCUT2D eigenvalue weighted by Gasteiger charge is -2.37. The molecule has 2 fully saturated rings. The van der Waals surface area contributed by atoms with Crippen molar-refractivity contribution in [3.8, 4) is 0 Å². The Morgan fingerprint density at radius 1 is 1.50 bits per heavy atom. The SMILES string of the molecule is CC(C)(C)SCC(=O)C1CCOC2(CCSC2)C1. The van der Waals surface area contributed by atoms with Gasteiger partial charge in [-0.3, -0.25) is 4.79 Å². The van der Waals surface area contributed by atoms with Crippen LogP contribution in [-0.2, 0) is 9.53 Å². The van der Waals surface area contributed by atoms with Crippen molar-refractivity contribution in [2.24, 2.45) is 5.92 Å².